The number of para-hydroxylation sites is 1. The van der Waals surface area contributed by atoms with E-state index in [-0.39, 0.29) is 0 Å². The van der Waals surface area contributed by atoms with Gasteiger partial charge in [-0.2, -0.15) is 0 Å². The Labute approximate surface area is 121 Å². The van der Waals surface area contributed by atoms with E-state index in [1.54, 1.807) is 11.8 Å². The third-order valence-electron chi connectivity index (χ3n) is 3.19. The van der Waals surface area contributed by atoms with Gasteiger partial charge in [0.05, 0.1) is 5.39 Å². The van der Waals surface area contributed by atoms with Gasteiger partial charge in [-0.3, -0.25) is 0 Å². The second-order valence-corrected chi connectivity index (χ2v) is 5.58. The summed E-state index contributed by atoms with van der Waals surface area (Å²) in [5, 5.41) is 13.2. The quantitative estimate of drug-likeness (QED) is 0.419. The smallest absolute Gasteiger partial charge is 0.312 e. The van der Waals surface area contributed by atoms with Crippen LogP contribution in [0.2, 0.25) is 0 Å². The first-order valence-corrected chi connectivity index (χ1v) is 7.40. The molecule has 0 spiro atoms. The van der Waals surface area contributed by atoms with Crippen molar-refractivity contribution in [3.63, 3.8) is 0 Å². The molecule has 1 aromatic heterocycles. The molecule has 3 rings (SSSR count). The minimum Gasteiger partial charge on any atom is -0.711 e. The molecule has 3 aromatic rings. The van der Waals surface area contributed by atoms with Crippen LogP contribution in [-0.2, 0) is 5.75 Å². The van der Waals surface area contributed by atoms with Crippen LogP contribution in [0.4, 0.5) is 0 Å². The predicted octanol–water partition coefficient (Wildman–Crippen LogP) is 3.47. The molecule has 2 aromatic carbocycles. The zero-order chi connectivity index (χ0) is 13.9. The minimum absolute atomic E-state index is 0.551. The van der Waals surface area contributed by atoms with Crippen LogP contribution in [0, 0.1) is 12.1 Å². The highest BCUT2D eigenvalue weighted by molar-refractivity contribution is 7.98. The maximum Gasteiger partial charge on any atom is 0.312 e. The molecule has 0 saturated heterocycles. The molecule has 0 atom stereocenters. The van der Waals surface area contributed by atoms with Gasteiger partial charge in [0, 0.05) is 4.90 Å². The summed E-state index contributed by atoms with van der Waals surface area (Å²) < 4.78 is 0.943. The molecule has 0 aliphatic heterocycles. The number of thioether (sulfide) groups is 1. The highest BCUT2D eigenvalue weighted by Gasteiger charge is 2.15. The lowest BCUT2D eigenvalue weighted by Crippen LogP contribution is -2.36. The van der Waals surface area contributed by atoms with Gasteiger partial charge in [0.2, 0.25) is 0 Å². The van der Waals surface area contributed by atoms with Crippen LogP contribution < -0.4 is 4.73 Å². The molecule has 0 aliphatic carbocycles. The molecule has 0 radical (unpaired) electrons. The number of aromatic nitrogens is 2. The van der Waals surface area contributed by atoms with E-state index in [0.29, 0.717) is 17.3 Å². The fourth-order valence-corrected chi connectivity index (χ4v) is 2.95. The van der Waals surface area contributed by atoms with Gasteiger partial charge in [-0.05, 0) is 36.2 Å². The average Bonchev–Trinajstić information content (AvgIpc) is 2.50. The lowest BCUT2D eigenvalue weighted by atomic mass is 10.2. The summed E-state index contributed by atoms with van der Waals surface area (Å²) in [6, 6.07) is 17.8. The Kier molecular flexibility index (Phi) is 3.56. The van der Waals surface area contributed by atoms with E-state index < -0.39 is 0 Å². The van der Waals surface area contributed by atoms with Crippen molar-refractivity contribution in [1.82, 2.24) is 4.98 Å². The lowest BCUT2D eigenvalue weighted by molar-refractivity contribution is -0.621. The number of aryl methyl sites for hydroxylation is 1. The first kappa shape index (κ1) is 12.9. The van der Waals surface area contributed by atoms with Gasteiger partial charge in [-0.1, -0.05) is 30.3 Å². The first-order chi connectivity index (χ1) is 9.75. The zero-order valence-corrected chi connectivity index (χ0v) is 11.9. The van der Waals surface area contributed by atoms with Crippen LogP contribution >= 0.6 is 11.8 Å². The highest BCUT2D eigenvalue weighted by Crippen LogP contribution is 2.21. The lowest BCUT2D eigenvalue weighted by Gasteiger charge is -2.11. The first-order valence-electron chi connectivity index (χ1n) is 6.41. The number of rotatable bonds is 3. The second-order valence-electron chi connectivity index (χ2n) is 4.53. The molecular weight excluding hydrogens is 268 g/mol. The molecule has 0 N–H and O–H groups in total. The summed E-state index contributed by atoms with van der Waals surface area (Å²) in [4.78, 5) is 5.62. The Bertz CT molecular complexity index is 744. The number of benzene rings is 2. The van der Waals surface area contributed by atoms with Gasteiger partial charge >= 0.3 is 5.82 Å². The van der Waals surface area contributed by atoms with Crippen LogP contribution in [0.1, 0.15) is 11.5 Å². The van der Waals surface area contributed by atoms with E-state index in [1.807, 2.05) is 61.5 Å². The van der Waals surface area contributed by atoms with Gasteiger partial charge in [0.15, 0.2) is 5.52 Å². The molecule has 100 valence electrons. The monoisotopic (exact) mass is 282 g/mol. The normalized spacial score (nSPS) is 10.8. The number of nitrogens with zero attached hydrogens (tertiary/aromatic N) is 2. The maximum absolute atomic E-state index is 12.2. The molecule has 0 bridgehead atoms. The van der Waals surface area contributed by atoms with Crippen molar-refractivity contribution in [2.24, 2.45) is 0 Å². The summed E-state index contributed by atoms with van der Waals surface area (Å²) in [6.07, 6.45) is 0. The van der Waals surface area contributed by atoms with E-state index in [9.17, 15) is 5.21 Å². The molecule has 3 nitrogen and oxygen atoms in total. The van der Waals surface area contributed by atoms with Gasteiger partial charge in [0.1, 0.15) is 11.4 Å². The van der Waals surface area contributed by atoms with Crippen LogP contribution in [0.25, 0.3) is 10.9 Å². The van der Waals surface area contributed by atoms with Crippen molar-refractivity contribution in [3.8, 4) is 0 Å². The summed E-state index contributed by atoms with van der Waals surface area (Å²) in [5.41, 5.74) is 1.58. The Morgan fingerprint density at radius 2 is 1.75 bits per heavy atom. The topological polar surface area (TPSA) is 39.8 Å². The number of fused-ring (bicyclic) bond motifs is 1. The van der Waals surface area contributed by atoms with Crippen molar-refractivity contribution < 1.29 is 4.73 Å². The van der Waals surface area contributed by atoms with Crippen LogP contribution in [0.3, 0.4) is 0 Å². The van der Waals surface area contributed by atoms with Crippen molar-refractivity contribution in [1.29, 1.82) is 0 Å². The third kappa shape index (κ3) is 2.47. The van der Waals surface area contributed by atoms with E-state index in [1.165, 1.54) is 0 Å². The maximum atomic E-state index is 12.2. The molecule has 4 heteroatoms. The molecule has 0 amide bonds. The van der Waals surface area contributed by atoms with Gasteiger partial charge < -0.3 is 5.21 Å². The van der Waals surface area contributed by atoms with Crippen LogP contribution in [0.5, 0.6) is 0 Å². The standard InChI is InChI=1S/C16H14N2OS/c1-12-14-9-5-6-10-15(14)17-16(18(12)19)11-20-13-7-3-2-4-8-13/h2-10H,11H2,1H3. The molecular formula is C16H14N2OS. The number of hydrogen-bond acceptors (Lipinski definition) is 3. The molecule has 0 unspecified atom stereocenters. The van der Waals surface area contributed by atoms with E-state index in [0.717, 1.165) is 20.5 Å². The summed E-state index contributed by atoms with van der Waals surface area (Å²) in [5.74, 6) is 1.12. The summed E-state index contributed by atoms with van der Waals surface area (Å²) in [7, 11) is 0. The molecule has 0 fully saturated rings. The van der Waals surface area contributed by atoms with Crippen molar-refractivity contribution in [2.75, 3.05) is 0 Å². The Morgan fingerprint density at radius 3 is 2.55 bits per heavy atom. The molecule has 20 heavy (non-hydrogen) atoms. The van der Waals surface area contributed by atoms with E-state index in [2.05, 4.69) is 4.98 Å². The largest absolute Gasteiger partial charge is 0.711 e. The highest BCUT2D eigenvalue weighted by atomic mass is 32.2. The minimum atomic E-state index is 0.551. The SMILES string of the molecule is Cc1c2ccccc2nc(CSc2ccccc2)[n+]1[O-]. The summed E-state index contributed by atoms with van der Waals surface area (Å²) in [6.45, 7) is 1.84. The fraction of sp³-hybridized carbons (Fsp3) is 0.125. The van der Waals surface area contributed by atoms with E-state index in [4.69, 9.17) is 0 Å². The Balaban J connectivity index is 1.94. The van der Waals surface area contributed by atoms with Gasteiger partial charge in [-0.15, -0.1) is 11.8 Å². The van der Waals surface area contributed by atoms with Crippen LogP contribution in [0.15, 0.2) is 59.5 Å². The van der Waals surface area contributed by atoms with E-state index >= 15 is 0 Å². The van der Waals surface area contributed by atoms with Crippen LogP contribution in [-0.4, -0.2) is 4.98 Å². The number of hydrogen-bond donors (Lipinski definition) is 0. The molecule has 0 saturated carbocycles. The average molecular weight is 282 g/mol. The Morgan fingerprint density at radius 1 is 1.05 bits per heavy atom. The van der Waals surface area contributed by atoms with Crippen molar-refractivity contribution in [3.05, 3.63) is 71.3 Å². The van der Waals surface area contributed by atoms with Gasteiger partial charge in [-0.25, -0.2) is 4.73 Å². The van der Waals surface area contributed by atoms with Crippen molar-refractivity contribution >= 4 is 22.7 Å². The molecule has 0 aliphatic rings. The molecule has 1 heterocycles. The zero-order valence-electron chi connectivity index (χ0n) is 11.1. The predicted molar refractivity (Wildman–Crippen MR) is 81.4 cm³/mol. The third-order valence-corrected chi connectivity index (χ3v) is 4.20. The second kappa shape index (κ2) is 5.51. The Hall–Kier alpha value is -2.07. The fourth-order valence-electron chi connectivity index (χ4n) is 2.12. The van der Waals surface area contributed by atoms with Gasteiger partial charge in [0.25, 0.3) is 0 Å². The summed E-state index contributed by atoms with van der Waals surface area (Å²) >= 11 is 1.62. The van der Waals surface area contributed by atoms with Crippen molar-refractivity contribution in [2.45, 2.75) is 17.6 Å².